The molecule has 0 N–H and O–H groups in total. The van der Waals surface area contributed by atoms with Gasteiger partial charge in [0.2, 0.25) is 11.8 Å². The van der Waals surface area contributed by atoms with E-state index in [-0.39, 0.29) is 31.4 Å². The van der Waals surface area contributed by atoms with Crippen LogP contribution in [0.2, 0.25) is 5.02 Å². The number of carbonyl (C=O) groups is 3. The van der Waals surface area contributed by atoms with Gasteiger partial charge >= 0.3 is 5.97 Å². The molecule has 1 aliphatic rings. The van der Waals surface area contributed by atoms with Gasteiger partial charge in [-0.1, -0.05) is 35.3 Å². The van der Waals surface area contributed by atoms with Crippen LogP contribution in [-0.2, 0) is 32.1 Å². The topological polar surface area (TPSA) is 84.7 Å². The largest absolute Gasteiger partial charge is 0.466 e. The summed E-state index contributed by atoms with van der Waals surface area (Å²) in [5.41, 5.74) is 0.157. The third-order valence-corrected chi connectivity index (χ3v) is 5.91. The quantitative estimate of drug-likeness (QED) is 0.296. The van der Waals surface area contributed by atoms with Crippen molar-refractivity contribution >= 4 is 41.0 Å². The lowest BCUT2D eigenvalue weighted by atomic mass is 10.0. The molecule has 2 aromatic rings. The van der Waals surface area contributed by atoms with Gasteiger partial charge in [0.25, 0.3) is 0 Å². The Morgan fingerprint density at radius 3 is 2.66 bits per heavy atom. The fourth-order valence-corrected chi connectivity index (χ4v) is 4.14. The number of halogens is 2. The van der Waals surface area contributed by atoms with Crippen molar-refractivity contribution < 1.29 is 19.1 Å². The Bertz CT molecular complexity index is 921. The molecular weight excluding hydrogens is 455 g/mol. The summed E-state index contributed by atoms with van der Waals surface area (Å²) >= 11 is 12.5. The second-order valence-electron chi connectivity index (χ2n) is 7.50. The number of aromatic nitrogens is 2. The van der Waals surface area contributed by atoms with E-state index in [1.807, 2.05) is 22.9 Å². The average molecular weight is 481 g/mol. The van der Waals surface area contributed by atoms with Crippen molar-refractivity contribution in [2.75, 3.05) is 19.7 Å². The van der Waals surface area contributed by atoms with Gasteiger partial charge < -0.3 is 19.1 Å². The van der Waals surface area contributed by atoms with Crippen LogP contribution in [0.25, 0.3) is 0 Å². The molecule has 2 heterocycles. The highest BCUT2D eigenvalue weighted by Gasteiger charge is 2.42. The van der Waals surface area contributed by atoms with Gasteiger partial charge in [-0.25, -0.2) is 4.98 Å². The van der Waals surface area contributed by atoms with Crippen molar-refractivity contribution in [1.82, 2.24) is 19.4 Å². The van der Waals surface area contributed by atoms with Crippen molar-refractivity contribution in [3.05, 3.63) is 53.6 Å². The minimum Gasteiger partial charge on any atom is -0.466 e. The lowest BCUT2D eigenvalue weighted by Crippen LogP contribution is -2.62. The standard InChI is InChI=1S/C22H26Cl2N4O4/c1-2-32-21(30)13-18-22(31)28(19(24)12-16-4-6-17(23)7-5-16)14-20(29)27(18)10-3-9-26-11-8-25-15-26/h4-8,11,15,18-19H,2-3,9-10,12-14H2,1H3. The van der Waals surface area contributed by atoms with E-state index in [0.717, 1.165) is 5.56 Å². The predicted molar refractivity (Wildman–Crippen MR) is 120 cm³/mol. The van der Waals surface area contributed by atoms with Crippen molar-refractivity contribution in [3.8, 4) is 0 Å². The van der Waals surface area contributed by atoms with E-state index in [9.17, 15) is 14.4 Å². The SMILES string of the molecule is CCOC(=O)CC1C(=O)N(C(Cl)Cc2ccc(Cl)cc2)CC(=O)N1CCCn1ccnc1. The van der Waals surface area contributed by atoms with Crippen LogP contribution in [0.4, 0.5) is 0 Å². The van der Waals surface area contributed by atoms with Crippen LogP contribution < -0.4 is 0 Å². The molecular formula is C22H26Cl2N4O4. The number of carbonyl (C=O) groups excluding carboxylic acids is 3. The van der Waals surface area contributed by atoms with Gasteiger partial charge in [-0.15, -0.1) is 0 Å². The Balaban J connectivity index is 1.71. The van der Waals surface area contributed by atoms with E-state index in [4.69, 9.17) is 27.9 Å². The third-order valence-electron chi connectivity index (χ3n) is 5.27. The number of alkyl halides is 1. The Kier molecular flexibility index (Phi) is 8.53. The Labute approximate surface area is 197 Å². The number of aryl methyl sites for hydroxylation is 1. The van der Waals surface area contributed by atoms with Crippen LogP contribution >= 0.6 is 23.2 Å². The van der Waals surface area contributed by atoms with Gasteiger partial charge in [0.15, 0.2) is 0 Å². The van der Waals surface area contributed by atoms with Crippen molar-refractivity contribution in [1.29, 1.82) is 0 Å². The van der Waals surface area contributed by atoms with Crippen LogP contribution in [0.3, 0.4) is 0 Å². The number of imidazole rings is 1. The maximum atomic E-state index is 13.3. The normalized spacial score (nSPS) is 17.5. The van der Waals surface area contributed by atoms with Gasteiger partial charge in [0.05, 0.1) is 19.4 Å². The van der Waals surface area contributed by atoms with E-state index in [1.165, 1.54) is 9.80 Å². The van der Waals surface area contributed by atoms with Gasteiger partial charge in [-0.2, -0.15) is 0 Å². The smallest absolute Gasteiger partial charge is 0.308 e. The molecule has 1 saturated heterocycles. The highest BCUT2D eigenvalue weighted by atomic mass is 35.5. The lowest BCUT2D eigenvalue weighted by Gasteiger charge is -2.41. The molecule has 3 rings (SSSR count). The minimum atomic E-state index is -0.940. The molecule has 1 aromatic carbocycles. The van der Waals surface area contributed by atoms with Crippen molar-refractivity contribution in [2.24, 2.45) is 0 Å². The lowest BCUT2D eigenvalue weighted by molar-refractivity contribution is -0.161. The third kappa shape index (κ3) is 6.23. The summed E-state index contributed by atoms with van der Waals surface area (Å²) in [7, 11) is 0. The van der Waals surface area contributed by atoms with Crippen LogP contribution in [0.1, 0.15) is 25.3 Å². The van der Waals surface area contributed by atoms with E-state index < -0.39 is 17.5 Å². The van der Waals surface area contributed by atoms with E-state index in [1.54, 1.807) is 31.6 Å². The summed E-state index contributed by atoms with van der Waals surface area (Å²) in [6.07, 6.45) is 5.96. The van der Waals surface area contributed by atoms with E-state index >= 15 is 0 Å². The fraction of sp³-hybridized carbons (Fsp3) is 0.455. The molecule has 172 valence electrons. The molecule has 8 nitrogen and oxygen atoms in total. The molecule has 0 spiro atoms. The summed E-state index contributed by atoms with van der Waals surface area (Å²) in [5.74, 6) is -1.12. The summed E-state index contributed by atoms with van der Waals surface area (Å²) in [5, 5.41) is 0.602. The van der Waals surface area contributed by atoms with Crippen molar-refractivity contribution in [2.45, 2.75) is 44.3 Å². The van der Waals surface area contributed by atoms with Gasteiger partial charge in [0.1, 0.15) is 18.1 Å². The molecule has 2 unspecified atom stereocenters. The molecule has 10 heteroatoms. The maximum Gasteiger partial charge on any atom is 0.308 e. The van der Waals surface area contributed by atoms with Crippen LogP contribution in [0.5, 0.6) is 0 Å². The zero-order chi connectivity index (χ0) is 23.1. The van der Waals surface area contributed by atoms with E-state index in [0.29, 0.717) is 31.0 Å². The highest BCUT2D eigenvalue weighted by molar-refractivity contribution is 6.30. The average Bonchev–Trinajstić information content (AvgIpc) is 3.27. The predicted octanol–water partition coefficient (Wildman–Crippen LogP) is 2.73. The van der Waals surface area contributed by atoms with Crippen LogP contribution in [0, 0.1) is 0 Å². The molecule has 2 atom stereocenters. The fourth-order valence-electron chi connectivity index (χ4n) is 3.67. The second kappa shape index (κ2) is 11.3. The zero-order valence-electron chi connectivity index (χ0n) is 17.8. The maximum absolute atomic E-state index is 13.3. The molecule has 0 aliphatic carbocycles. The Morgan fingerprint density at radius 1 is 1.25 bits per heavy atom. The minimum absolute atomic E-state index is 0.134. The summed E-state index contributed by atoms with van der Waals surface area (Å²) in [6, 6.07) is 6.20. The molecule has 0 radical (unpaired) electrons. The molecule has 1 aliphatic heterocycles. The summed E-state index contributed by atoms with van der Waals surface area (Å²) in [6.45, 7) is 2.74. The van der Waals surface area contributed by atoms with Gasteiger partial charge in [-0.3, -0.25) is 14.4 Å². The number of piperazine rings is 1. The number of hydrogen-bond acceptors (Lipinski definition) is 5. The Hall–Kier alpha value is -2.58. The molecule has 0 saturated carbocycles. The zero-order valence-corrected chi connectivity index (χ0v) is 19.3. The molecule has 1 aromatic heterocycles. The van der Waals surface area contributed by atoms with Crippen LogP contribution in [0.15, 0.2) is 43.0 Å². The molecule has 1 fully saturated rings. The first-order valence-corrected chi connectivity index (χ1v) is 11.3. The van der Waals surface area contributed by atoms with Crippen LogP contribution in [-0.4, -0.2) is 68.4 Å². The number of hydrogen-bond donors (Lipinski definition) is 0. The first-order chi connectivity index (χ1) is 15.4. The number of esters is 1. The molecule has 32 heavy (non-hydrogen) atoms. The highest BCUT2D eigenvalue weighted by Crippen LogP contribution is 2.23. The number of amides is 2. The number of benzene rings is 1. The molecule has 2 amide bonds. The van der Waals surface area contributed by atoms with Crippen molar-refractivity contribution in [3.63, 3.8) is 0 Å². The first kappa shape index (κ1) is 24.1. The number of nitrogens with zero attached hydrogens (tertiary/aromatic N) is 4. The summed E-state index contributed by atoms with van der Waals surface area (Å²) in [4.78, 5) is 45.3. The number of rotatable bonds is 10. The first-order valence-electron chi connectivity index (χ1n) is 10.5. The summed E-state index contributed by atoms with van der Waals surface area (Å²) < 4.78 is 6.93. The molecule has 0 bridgehead atoms. The number of ether oxygens (including phenoxy) is 1. The monoisotopic (exact) mass is 480 g/mol. The van der Waals surface area contributed by atoms with E-state index in [2.05, 4.69) is 4.98 Å². The second-order valence-corrected chi connectivity index (χ2v) is 8.44. The van der Waals surface area contributed by atoms with Gasteiger partial charge in [-0.05, 0) is 31.0 Å². The Morgan fingerprint density at radius 2 is 2.00 bits per heavy atom. The van der Waals surface area contributed by atoms with Gasteiger partial charge in [0, 0.05) is 36.9 Å².